The van der Waals surface area contributed by atoms with Gasteiger partial charge < -0.3 is 29.2 Å². The van der Waals surface area contributed by atoms with Crippen LogP contribution in [0.2, 0.25) is 0 Å². The summed E-state index contributed by atoms with van der Waals surface area (Å²) in [5.41, 5.74) is -0.281. The highest BCUT2D eigenvalue weighted by molar-refractivity contribution is 8.00. The fraction of sp³-hybridized carbons (Fsp3) is 0.296. The van der Waals surface area contributed by atoms with Crippen molar-refractivity contribution in [3.8, 4) is 11.5 Å². The fourth-order valence-corrected chi connectivity index (χ4v) is 7.04. The van der Waals surface area contributed by atoms with E-state index in [0.717, 1.165) is 9.78 Å². The standard InChI is InChI=1S/C27H23N3O9S2/c1-2-29-9-16(23(32)15-7-18-19(8-17(15)29)39-12-38-18)27(36)37-10-13-11-41-25-21(24(33)30(25)22(13)26(34)35)28-20(31)6-14-4-3-5-40-14/h3-5,7-9,21,25H,2,6,10-12H2,1H3,(H,28,31)(H,34,35)/t21?,25-/m1/s1. The molecule has 12 nitrogen and oxygen atoms in total. The van der Waals surface area contributed by atoms with Crippen LogP contribution >= 0.6 is 23.1 Å². The number of pyridine rings is 1. The molecule has 41 heavy (non-hydrogen) atoms. The number of aromatic nitrogens is 1. The number of carboxylic acids is 1. The van der Waals surface area contributed by atoms with Crippen molar-refractivity contribution < 1.29 is 38.5 Å². The summed E-state index contributed by atoms with van der Waals surface area (Å²) in [5.74, 6) is -2.11. The lowest BCUT2D eigenvalue weighted by Crippen LogP contribution is -2.70. The van der Waals surface area contributed by atoms with Gasteiger partial charge in [-0.3, -0.25) is 19.3 Å². The zero-order chi connectivity index (χ0) is 28.8. The fourth-order valence-electron chi connectivity index (χ4n) is 5.01. The number of thioether (sulfide) groups is 1. The Balaban J connectivity index is 1.19. The van der Waals surface area contributed by atoms with E-state index < -0.39 is 41.3 Å². The zero-order valence-corrected chi connectivity index (χ0v) is 23.2. The third kappa shape index (κ3) is 4.72. The molecule has 5 heterocycles. The Morgan fingerprint density at radius 2 is 1.98 bits per heavy atom. The summed E-state index contributed by atoms with van der Waals surface area (Å²) < 4.78 is 17.9. The Morgan fingerprint density at radius 3 is 2.68 bits per heavy atom. The maximum Gasteiger partial charge on any atom is 0.352 e. The molecule has 0 radical (unpaired) electrons. The Kier molecular flexibility index (Phi) is 6.95. The number of benzene rings is 1. The number of hydrogen-bond donors (Lipinski definition) is 2. The molecule has 1 fully saturated rings. The van der Waals surface area contributed by atoms with E-state index in [0.29, 0.717) is 23.6 Å². The average molecular weight is 598 g/mol. The summed E-state index contributed by atoms with van der Waals surface area (Å²) in [6.45, 7) is 1.91. The van der Waals surface area contributed by atoms with Crippen LogP contribution in [0.15, 0.2) is 51.9 Å². The predicted octanol–water partition coefficient (Wildman–Crippen LogP) is 1.95. The largest absolute Gasteiger partial charge is 0.477 e. The summed E-state index contributed by atoms with van der Waals surface area (Å²) in [6.07, 6.45) is 1.52. The van der Waals surface area contributed by atoms with Gasteiger partial charge in [0.1, 0.15) is 29.3 Å². The third-order valence-corrected chi connectivity index (χ3v) is 9.21. The van der Waals surface area contributed by atoms with E-state index in [1.54, 1.807) is 10.6 Å². The number of rotatable bonds is 8. The Morgan fingerprint density at radius 1 is 1.20 bits per heavy atom. The smallest absolute Gasteiger partial charge is 0.352 e. The molecule has 1 aromatic carbocycles. The third-order valence-electron chi connectivity index (χ3n) is 6.99. The number of ether oxygens (including phenoxy) is 3. The number of carbonyl (C=O) groups is 4. The second kappa shape index (κ2) is 10.6. The maximum atomic E-state index is 13.2. The van der Waals surface area contributed by atoms with Crippen molar-refractivity contribution in [3.05, 3.63) is 67.8 Å². The molecule has 2 N–H and O–H groups in total. The molecule has 0 aliphatic carbocycles. The van der Waals surface area contributed by atoms with Crippen LogP contribution in [0.1, 0.15) is 22.2 Å². The highest BCUT2D eigenvalue weighted by Crippen LogP contribution is 2.40. The Labute approximate surface area is 240 Å². The van der Waals surface area contributed by atoms with Gasteiger partial charge in [-0.15, -0.1) is 23.1 Å². The van der Waals surface area contributed by atoms with Crippen LogP contribution in [0.3, 0.4) is 0 Å². The molecule has 0 saturated carbocycles. The van der Waals surface area contributed by atoms with Crippen molar-refractivity contribution in [2.75, 3.05) is 19.2 Å². The van der Waals surface area contributed by atoms with Gasteiger partial charge in [0.15, 0.2) is 11.5 Å². The van der Waals surface area contributed by atoms with Crippen molar-refractivity contribution in [1.82, 2.24) is 14.8 Å². The molecule has 3 aliphatic heterocycles. The molecular weight excluding hydrogens is 574 g/mol. The minimum absolute atomic E-state index is 0.0303. The molecule has 212 valence electrons. The van der Waals surface area contributed by atoms with Crippen LogP contribution in [-0.2, 0) is 32.1 Å². The van der Waals surface area contributed by atoms with Crippen LogP contribution < -0.4 is 20.2 Å². The number of aryl methyl sites for hydroxylation is 1. The maximum absolute atomic E-state index is 13.2. The number of nitrogens with one attached hydrogen (secondary N) is 1. The first-order chi connectivity index (χ1) is 19.8. The number of carbonyl (C=O) groups excluding carboxylic acids is 3. The molecule has 2 aromatic heterocycles. The van der Waals surface area contributed by atoms with E-state index in [9.17, 15) is 29.1 Å². The SMILES string of the molecule is CCn1cc(C(=O)OCC2=C(C(=O)O)N3C(=O)C(NC(=O)Cc4cccs4)[C@H]3SC2)c(=O)c2cc3c(cc21)OCO3. The number of aliphatic carboxylic acids is 1. The molecule has 2 amide bonds. The highest BCUT2D eigenvalue weighted by atomic mass is 32.2. The number of thiophene rings is 1. The van der Waals surface area contributed by atoms with Crippen LogP contribution in [0.4, 0.5) is 0 Å². The predicted molar refractivity (Wildman–Crippen MR) is 148 cm³/mol. The second-order valence-electron chi connectivity index (χ2n) is 9.43. The molecule has 1 saturated heterocycles. The summed E-state index contributed by atoms with van der Waals surface area (Å²) in [6, 6.07) is 5.99. The van der Waals surface area contributed by atoms with Gasteiger partial charge in [-0.25, -0.2) is 9.59 Å². The minimum atomic E-state index is -1.35. The van der Waals surface area contributed by atoms with E-state index >= 15 is 0 Å². The summed E-state index contributed by atoms with van der Waals surface area (Å²) >= 11 is 2.69. The van der Waals surface area contributed by atoms with E-state index in [1.807, 2.05) is 24.4 Å². The van der Waals surface area contributed by atoms with Crippen molar-refractivity contribution in [3.63, 3.8) is 0 Å². The molecule has 6 rings (SSSR count). The normalized spacial score (nSPS) is 19.1. The lowest BCUT2D eigenvalue weighted by molar-refractivity contribution is -0.150. The summed E-state index contributed by atoms with van der Waals surface area (Å²) in [4.78, 5) is 65.7. The monoisotopic (exact) mass is 597 g/mol. The van der Waals surface area contributed by atoms with Crippen LogP contribution in [0.25, 0.3) is 10.9 Å². The first kappa shape index (κ1) is 26.9. The number of esters is 1. The van der Waals surface area contributed by atoms with Crippen LogP contribution in [0.5, 0.6) is 11.5 Å². The van der Waals surface area contributed by atoms with Crippen molar-refractivity contribution in [1.29, 1.82) is 0 Å². The quantitative estimate of drug-likeness (QED) is 0.291. The van der Waals surface area contributed by atoms with E-state index in [-0.39, 0.29) is 47.1 Å². The molecule has 0 bridgehead atoms. The minimum Gasteiger partial charge on any atom is -0.477 e. The lowest BCUT2D eigenvalue weighted by Gasteiger charge is -2.49. The van der Waals surface area contributed by atoms with Crippen LogP contribution in [0, 0.1) is 0 Å². The Hall–Kier alpha value is -4.30. The molecule has 0 spiro atoms. The topological polar surface area (TPSA) is 153 Å². The first-order valence-corrected chi connectivity index (χ1v) is 14.5. The van der Waals surface area contributed by atoms with Gasteiger partial charge in [0.25, 0.3) is 5.91 Å². The number of nitrogens with zero attached hydrogens (tertiary/aromatic N) is 2. The zero-order valence-electron chi connectivity index (χ0n) is 21.6. The first-order valence-electron chi connectivity index (χ1n) is 12.6. The number of carboxylic acid groups (broad SMARTS) is 1. The number of amides is 2. The van der Waals surface area contributed by atoms with Gasteiger partial charge in [0, 0.05) is 35.0 Å². The number of hydrogen-bond acceptors (Lipinski definition) is 10. The number of fused-ring (bicyclic) bond motifs is 3. The average Bonchev–Trinajstić information content (AvgIpc) is 3.65. The van der Waals surface area contributed by atoms with Crippen LogP contribution in [-0.4, -0.2) is 68.9 Å². The van der Waals surface area contributed by atoms with E-state index in [1.165, 1.54) is 35.4 Å². The Bertz CT molecular complexity index is 1700. The van der Waals surface area contributed by atoms with E-state index in [2.05, 4.69) is 5.32 Å². The van der Waals surface area contributed by atoms with Gasteiger partial charge in [0.2, 0.25) is 18.1 Å². The van der Waals surface area contributed by atoms with Gasteiger partial charge in [-0.1, -0.05) is 6.07 Å². The van der Waals surface area contributed by atoms with Gasteiger partial charge in [-0.2, -0.15) is 0 Å². The molecule has 3 aliphatic rings. The highest BCUT2D eigenvalue weighted by Gasteiger charge is 2.54. The van der Waals surface area contributed by atoms with Crippen molar-refractivity contribution in [2.24, 2.45) is 0 Å². The molecule has 14 heteroatoms. The molecule has 3 aromatic rings. The summed E-state index contributed by atoms with van der Waals surface area (Å²) in [7, 11) is 0. The number of β-lactam (4-membered cyclic amide) rings is 1. The van der Waals surface area contributed by atoms with E-state index in [4.69, 9.17) is 14.2 Å². The molecule has 2 atom stereocenters. The molecule has 1 unspecified atom stereocenters. The van der Waals surface area contributed by atoms with Gasteiger partial charge in [-0.05, 0) is 24.4 Å². The van der Waals surface area contributed by atoms with Crippen molar-refractivity contribution >= 4 is 57.8 Å². The summed E-state index contributed by atoms with van der Waals surface area (Å²) in [5, 5.41) is 14.1. The van der Waals surface area contributed by atoms with Gasteiger partial charge in [0.05, 0.1) is 17.3 Å². The lowest BCUT2D eigenvalue weighted by atomic mass is 10.0. The van der Waals surface area contributed by atoms with Gasteiger partial charge >= 0.3 is 11.9 Å². The molecular formula is C27H23N3O9S2. The second-order valence-corrected chi connectivity index (χ2v) is 11.6. The van der Waals surface area contributed by atoms with Crippen molar-refractivity contribution in [2.45, 2.75) is 31.3 Å².